The van der Waals surface area contributed by atoms with Gasteiger partial charge < -0.3 is 19.8 Å². The summed E-state index contributed by atoms with van der Waals surface area (Å²) in [4.78, 5) is 11.3. The highest BCUT2D eigenvalue weighted by atomic mass is 16.5. The zero-order chi connectivity index (χ0) is 13.9. The van der Waals surface area contributed by atoms with Gasteiger partial charge in [0.1, 0.15) is 11.5 Å². The zero-order valence-electron chi connectivity index (χ0n) is 11.2. The standard InChI is InChI=1S/C15H16N2O3/c1-10(13-3-2-6-19-13)16-8-11-4-5-14-12(7-11)17-15(18)9-20-14/h2-7,10,16H,8-9H2,1H3,(H,17,18)/t10-/m0/s1. The summed E-state index contributed by atoms with van der Waals surface area (Å²) in [7, 11) is 0. The number of anilines is 1. The number of furan rings is 1. The van der Waals surface area contributed by atoms with E-state index in [-0.39, 0.29) is 18.6 Å². The lowest BCUT2D eigenvalue weighted by atomic mass is 10.1. The molecule has 0 spiro atoms. The maximum atomic E-state index is 11.3. The van der Waals surface area contributed by atoms with Gasteiger partial charge in [-0.1, -0.05) is 6.07 Å². The summed E-state index contributed by atoms with van der Waals surface area (Å²) in [5.74, 6) is 1.50. The van der Waals surface area contributed by atoms with Crippen molar-refractivity contribution in [1.82, 2.24) is 5.32 Å². The van der Waals surface area contributed by atoms with Crippen LogP contribution in [0.15, 0.2) is 41.0 Å². The van der Waals surface area contributed by atoms with Gasteiger partial charge >= 0.3 is 0 Å². The first-order chi connectivity index (χ1) is 9.72. The molecular weight excluding hydrogens is 256 g/mol. The largest absolute Gasteiger partial charge is 0.482 e. The average Bonchev–Trinajstić information content (AvgIpc) is 2.98. The molecule has 1 aliphatic heterocycles. The molecule has 0 radical (unpaired) electrons. The Kier molecular flexibility index (Phi) is 3.43. The van der Waals surface area contributed by atoms with E-state index in [9.17, 15) is 4.79 Å². The van der Waals surface area contributed by atoms with Crippen LogP contribution >= 0.6 is 0 Å². The number of amides is 1. The topological polar surface area (TPSA) is 63.5 Å². The van der Waals surface area contributed by atoms with Crippen LogP contribution in [0.5, 0.6) is 5.75 Å². The van der Waals surface area contributed by atoms with Crippen LogP contribution in [-0.2, 0) is 11.3 Å². The molecule has 2 N–H and O–H groups in total. The molecule has 1 aromatic carbocycles. The lowest BCUT2D eigenvalue weighted by Crippen LogP contribution is -2.25. The predicted molar refractivity (Wildman–Crippen MR) is 74.5 cm³/mol. The van der Waals surface area contributed by atoms with Crippen LogP contribution in [0.4, 0.5) is 5.69 Å². The van der Waals surface area contributed by atoms with E-state index in [4.69, 9.17) is 9.15 Å². The molecule has 2 aromatic rings. The van der Waals surface area contributed by atoms with Crippen LogP contribution in [-0.4, -0.2) is 12.5 Å². The summed E-state index contributed by atoms with van der Waals surface area (Å²) >= 11 is 0. The summed E-state index contributed by atoms with van der Waals surface area (Å²) in [6, 6.07) is 9.74. The van der Waals surface area contributed by atoms with Crippen molar-refractivity contribution in [2.75, 3.05) is 11.9 Å². The van der Waals surface area contributed by atoms with Crippen molar-refractivity contribution in [1.29, 1.82) is 0 Å². The molecule has 5 nitrogen and oxygen atoms in total. The van der Waals surface area contributed by atoms with Crippen molar-refractivity contribution in [2.24, 2.45) is 0 Å². The monoisotopic (exact) mass is 272 g/mol. The highest BCUT2D eigenvalue weighted by molar-refractivity contribution is 5.95. The van der Waals surface area contributed by atoms with E-state index >= 15 is 0 Å². The molecule has 20 heavy (non-hydrogen) atoms. The van der Waals surface area contributed by atoms with Gasteiger partial charge in [-0.25, -0.2) is 0 Å². The van der Waals surface area contributed by atoms with E-state index in [2.05, 4.69) is 10.6 Å². The van der Waals surface area contributed by atoms with Crippen LogP contribution in [0.2, 0.25) is 0 Å². The summed E-state index contributed by atoms with van der Waals surface area (Å²) in [6.07, 6.45) is 1.67. The van der Waals surface area contributed by atoms with E-state index < -0.39 is 0 Å². The summed E-state index contributed by atoms with van der Waals surface area (Å²) < 4.78 is 10.7. The number of hydrogen-bond acceptors (Lipinski definition) is 4. The molecule has 5 heteroatoms. The van der Waals surface area contributed by atoms with E-state index in [1.807, 2.05) is 37.3 Å². The van der Waals surface area contributed by atoms with Crippen molar-refractivity contribution < 1.29 is 13.9 Å². The first kappa shape index (κ1) is 12.7. The number of carbonyl (C=O) groups excluding carboxylic acids is 1. The number of fused-ring (bicyclic) bond motifs is 1. The Hall–Kier alpha value is -2.27. The minimum Gasteiger partial charge on any atom is -0.482 e. The number of hydrogen-bond donors (Lipinski definition) is 2. The van der Waals surface area contributed by atoms with Crippen molar-refractivity contribution in [2.45, 2.75) is 19.5 Å². The van der Waals surface area contributed by atoms with Crippen molar-refractivity contribution in [3.8, 4) is 5.75 Å². The molecule has 0 saturated carbocycles. The zero-order valence-corrected chi connectivity index (χ0v) is 11.2. The number of carbonyl (C=O) groups is 1. The minimum absolute atomic E-state index is 0.0835. The third-order valence-corrected chi connectivity index (χ3v) is 3.26. The molecule has 1 atom stereocenters. The fraction of sp³-hybridized carbons (Fsp3) is 0.267. The van der Waals surface area contributed by atoms with E-state index in [1.165, 1.54) is 0 Å². The molecule has 2 heterocycles. The second-order valence-corrected chi connectivity index (χ2v) is 4.79. The Morgan fingerprint density at radius 2 is 2.30 bits per heavy atom. The highest BCUT2D eigenvalue weighted by Crippen LogP contribution is 2.28. The second-order valence-electron chi connectivity index (χ2n) is 4.79. The van der Waals surface area contributed by atoms with Gasteiger partial charge in [0.25, 0.3) is 5.91 Å². The van der Waals surface area contributed by atoms with Gasteiger partial charge in [-0.2, -0.15) is 0 Å². The van der Waals surface area contributed by atoms with E-state index in [0.717, 1.165) is 17.0 Å². The number of nitrogens with one attached hydrogen (secondary N) is 2. The van der Waals surface area contributed by atoms with Gasteiger partial charge in [0.15, 0.2) is 6.61 Å². The Morgan fingerprint density at radius 1 is 1.40 bits per heavy atom. The molecule has 1 aliphatic rings. The molecule has 104 valence electrons. The Bertz CT molecular complexity index is 608. The number of benzene rings is 1. The Morgan fingerprint density at radius 3 is 3.10 bits per heavy atom. The Labute approximate surface area is 116 Å². The fourth-order valence-electron chi connectivity index (χ4n) is 2.15. The van der Waals surface area contributed by atoms with Gasteiger partial charge in [0.05, 0.1) is 18.0 Å². The van der Waals surface area contributed by atoms with Gasteiger partial charge in [0, 0.05) is 6.54 Å². The predicted octanol–water partition coefficient (Wildman–Crippen LogP) is 2.46. The minimum atomic E-state index is -0.119. The highest BCUT2D eigenvalue weighted by Gasteiger charge is 2.16. The molecule has 1 aromatic heterocycles. The molecular formula is C15H16N2O3. The van der Waals surface area contributed by atoms with Crippen LogP contribution in [0.1, 0.15) is 24.3 Å². The normalized spacial score (nSPS) is 15.2. The SMILES string of the molecule is C[C@H](NCc1ccc2c(c1)NC(=O)CO2)c1ccco1. The molecule has 3 rings (SSSR count). The third kappa shape index (κ3) is 2.67. The van der Waals surface area contributed by atoms with Gasteiger partial charge in [-0.05, 0) is 36.8 Å². The first-order valence-electron chi connectivity index (χ1n) is 6.55. The summed E-state index contributed by atoms with van der Waals surface area (Å²) in [5, 5.41) is 6.18. The maximum Gasteiger partial charge on any atom is 0.262 e. The van der Waals surface area contributed by atoms with Crippen molar-refractivity contribution >= 4 is 11.6 Å². The van der Waals surface area contributed by atoms with Crippen LogP contribution in [0.3, 0.4) is 0 Å². The molecule has 0 aliphatic carbocycles. The molecule has 0 unspecified atom stereocenters. The molecule has 0 fully saturated rings. The third-order valence-electron chi connectivity index (χ3n) is 3.26. The average molecular weight is 272 g/mol. The fourth-order valence-corrected chi connectivity index (χ4v) is 2.15. The lowest BCUT2D eigenvalue weighted by Gasteiger charge is -2.19. The Balaban J connectivity index is 1.66. The summed E-state index contributed by atoms with van der Waals surface area (Å²) in [6.45, 7) is 2.81. The van der Waals surface area contributed by atoms with Crippen molar-refractivity contribution in [3.05, 3.63) is 47.9 Å². The maximum absolute atomic E-state index is 11.3. The molecule has 0 bridgehead atoms. The smallest absolute Gasteiger partial charge is 0.262 e. The van der Waals surface area contributed by atoms with Gasteiger partial charge in [-0.15, -0.1) is 0 Å². The van der Waals surface area contributed by atoms with Crippen LogP contribution < -0.4 is 15.4 Å². The first-order valence-corrected chi connectivity index (χ1v) is 6.55. The van der Waals surface area contributed by atoms with Gasteiger partial charge in [0.2, 0.25) is 0 Å². The van der Waals surface area contributed by atoms with Crippen LogP contribution in [0, 0.1) is 0 Å². The van der Waals surface area contributed by atoms with E-state index in [1.54, 1.807) is 6.26 Å². The van der Waals surface area contributed by atoms with Crippen LogP contribution in [0.25, 0.3) is 0 Å². The number of rotatable bonds is 4. The van der Waals surface area contributed by atoms with Crippen molar-refractivity contribution in [3.63, 3.8) is 0 Å². The van der Waals surface area contributed by atoms with E-state index in [0.29, 0.717) is 12.3 Å². The number of ether oxygens (including phenoxy) is 1. The molecule has 0 saturated heterocycles. The summed E-state index contributed by atoms with van der Waals surface area (Å²) in [5.41, 5.74) is 1.80. The second kappa shape index (κ2) is 5.38. The quantitative estimate of drug-likeness (QED) is 0.897. The van der Waals surface area contributed by atoms with Gasteiger partial charge in [-0.3, -0.25) is 4.79 Å². The molecule has 1 amide bonds. The lowest BCUT2D eigenvalue weighted by molar-refractivity contribution is -0.118.